The summed E-state index contributed by atoms with van der Waals surface area (Å²) in [5, 5.41) is 0.571. The van der Waals surface area contributed by atoms with Crippen LogP contribution in [-0.4, -0.2) is 24.0 Å². The van der Waals surface area contributed by atoms with E-state index in [1.165, 1.54) is 35.8 Å². The Morgan fingerprint density at radius 2 is 1.48 bits per heavy atom. The van der Waals surface area contributed by atoms with Gasteiger partial charge < -0.3 is 0 Å². The van der Waals surface area contributed by atoms with Gasteiger partial charge in [0.15, 0.2) is 0 Å². The quantitative estimate of drug-likeness (QED) is 0.324. The van der Waals surface area contributed by atoms with E-state index in [4.69, 9.17) is 0 Å². The average Bonchev–Trinajstić information content (AvgIpc) is 3.21. The van der Waals surface area contributed by atoms with Crippen LogP contribution in [-0.2, 0) is 19.6 Å². The molecule has 5 nitrogen and oxygen atoms in total. The number of hydrogen-bond donors (Lipinski definition) is 0. The highest BCUT2D eigenvalue weighted by atomic mass is 32.2. The maximum Gasteiger partial charge on any atom is 0.268 e. The number of Topliss-reactive ketones (excluding diaryl/α,β-unsaturated/α-hetero) is 2. The van der Waals surface area contributed by atoms with Gasteiger partial charge in [0.05, 0.1) is 10.4 Å². The molecule has 0 unspecified atom stereocenters. The fraction of sp³-hybridized carbons (Fsp3) is 0.154. The van der Waals surface area contributed by atoms with Crippen LogP contribution in [0.5, 0.6) is 0 Å². The molecular weight excluding hydrogens is 454 g/mol. The fourth-order valence-electron chi connectivity index (χ4n) is 3.92. The lowest BCUT2D eigenvalue weighted by molar-refractivity contribution is -0.126. The molecule has 4 rings (SSSR count). The summed E-state index contributed by atoms with van der Waals surface area (Å²) in [6.45, 7) is 4.67. The van der Waals surface area contributed by atoms with Gasteiger partial charge in [-0.15, -0.1) is 0 Å². The SMILES string of the molecule is CC(=O)C(C(C)=O)c1c(Sc2ccccc2)ccc2c1ccn2S(=O)(=O)c1ccc(C)cc1. The van der Waals surface area contributed by atoms with Gasteiger partial charge >= 0.3 is 0 Å². The van der Waals surface area contributed by atoms with Gasteiger partial charge in [0, 0.05) is 21.4 Å². The standard InChI is InChI=1S/C26H23NO4S2/c1-17-9-11-21(12-10-17)33(30,31)27-16-15-22-23(27)13-14-24(32-20-7-5-4-6-8-20)26(22)25(18(2)28)19(3)29/h4-16,25H,1-3H3. The summed E-state index contributed by atoms with van der Waals surface area (Å²) in [6.07, 6.45) is 1.48. The molecule has 0 atom stereocenters. The van der Waals surface area contributed by atoms with Crippen molar-refractivity contribution in [1.29, 1.82) is 0 Å². The van der Waals surface area contributed by atoms with Gasteiger partial charge in [0.25, 0.3) is 10.0 Å². The largest absolute Gasteiger partial charge is 0.299 e. The Bertz CT molecular complexity index is 1440. The summed E-state index contributed by atoms with van der Waals surface area (Å²) < 4.78 is 28.0. The van der Waals surface area contributed by atoms with Crippen LogP contribution in [0.15, 0.2) is 93.7 Å². The summed E-state index contributed by atoms with van der Waals surface area (Å²) in [4.78, 5) is 26.9. The number of hydrogen-bond acceptors (Lipinski definition) is 5. The third-order valence-corrected chi connectivity index (χ3v) is 8.28. The van der Waals surface area contributed by atoms with Gasteiger partial charge in [-0.05, 0) is 68.8 Å². The first kappa shape index (κ1) is 23.0. The van der Waals surface area contributed by atoms with Crippen molar-refractivity contribution in [1.82, 2.24) is 3.97 Å². The van der Waals surface area contributed by atoms with Crippen molar-refractivity contribution >= 4 is 44.3 Å². The molecule has 0 saturated heterocycles. The molecule has 0 aliphatic rings. The van der Waals surface area contributed by atoms with Crippen molar-refractivity contribution in [3.05, 3.63) is 90.1 Å². The van der Waals surface area contributed by atoms with E-state index < -0.39 is 15.9 Å². The second-order valence-corrected chi connectivity index (χ2v) is 10.8. The fourth-order valence-corrected chi connectivity index (χ4v) is 6.29. The maximum absolute atomic E-state index is 13.4. The molecule has 168 valence electrons. The minimum atomic E-state index is -3.85. The Morgan fingerprint density at radius 1 is 0.848 bits per heavy atom. The zero-order chi connectivity index (χ0) is 23.8. The van der Waals surface area contributed by atoms with Crippen molar-refractivity contribution < 1.29 is 18.0 Å². The molecule has 0 saturated carbocycles. The van der Waals surface area contributed by atoms with Crippen LogP contribution < -0.4 is 0 Å². The number of carbonyl (C=O) groups is 2. The summed E-state index contributed by atoms with van der Waals surface area (Å²) in [5.41, 5.74) is 1.93. The lowest BCUT2D eigenvalue weighted by atomic mass is 9.89. The monoisotopic (exact) mass is 477 g/mol. The van der Waals surface area contributed by atoms with Gasteiger partial charge in [-0.1, -0.05) is 47.7 Å². The number of aromatic nitrogens is 1. The van der Waals surface area contributed by atoms with Crippen LogP contribution in [0, 0.1) is 6.92 Å². The van der Waals surface area contributed by atoms with Gasteiger partial charge in [0.2, 0.25) is 0 Å². The molecule has 0 fully saturated rings. The molecule has 33 heavy (non-hydrogen) atoms. The van der Waals surface area contributed by atoms with Crippen LogP contribution in [0.2, 0.25) is 0 Å². The Balaban J connectivity index is 1.95. The van der Waals surface area contributed by atoms with Crippen LogP contribution in [0.1, 0.15) is 30.9 Å². The first-order chi connectivity index (χ1) is 15.7. The van der Waals surface area contributed by atoms with E-state index in [-0.39, 0.29) is 16.5 Å². The number of nitrogens with zero attached hydrogens (tertiary/aromatic N) is 1. The lowest BCUT2D eigenvalue weighted by Crippen LogP contribution is -2.18. The van der Waals surface area contributed by atoms with Crippen molar-refractivity contribution in [3.63, 3.8) is 0 Å². The topological polar surface area (TPSA) is 73.2 Å². The van der Waals surface area contributed by atoms with E-state index in [0.717, 1.165) is 15.4 Å². The van der Waals surface area contributed by atoms with E-state index in [1.807, 2.05) is 37.3 Å². The summed E-state index contributed by atoms with van der Waals surface area (Å²) in [6, 6.07) is 21.5. The highest BCUT2D eigenvalue weighted by Crippen LogP contribution is 2.40. The predicted octanol–water partition coefficient (Wildman–Crippen LogP) is 5.60. The Hall–Kier alpha value is -3.16. The molecule has 1 aromatic heterocycles. The summed E-state index contributed by atoms with van der Waals surface area (Å²) >= 11 is 1.44. The third kappa shape index (κ3) is 4.38. The highest BCUT2D eigenvalue weighted by molar-refractivity contribution is 7.99. The summed E-state index contributed by atoms with van der Waals surface area (Å²) in [7, 11) is -3.85. The molecule has 0 aliphatic carbocycles. The Morgan fingerprint density at radius 3 is 2.09 bits per heavy atom. The molecule has 0 amide bonds. The predicted molar refractivity (Wildman–Crippen MR) is 130 cm³/mol. The molecule has 7 heteroatoms. The molecule has 4 aromatic rings. The van der Waals surface area contributed by atoms with Crippen molar-refractivity contribution in [2.45, 2.75) is 41.4 Å². The van der Waals surface area contributed by atoms with Crippen LogP contribution in [0.4, 0.5) is 0 Å². The summed E-state index contributed by atoms with van der Waals surface area (Å²) in [5.74, 6) is -1.53. The Labute approximate surface area is 197 Å². The second kappa shape index (κ2) is 9.00. The zero-order valence-corrected chi connectivity index (χ0v) is 20.1. The number of fused-ring (bicyclic) bond motifs is 1. The molecule has 3 aromatic carbocycles. The maximum atomic E-state index is 13.4. The number of aryl methyl sites for hydroxylation is 1. The first-order valence-corrected chi connectivity index (χ1v) is 12.7. The van der Waals surface area contributed by atoms with Gasteiger partial charge in [-0.2, -0.15) is 0 Å². The molecule has 0 N–H and O–H groups in total. The van der Waals surface area contributed by atoms with Crippen LogP contribution in [0.25, 0.3) is 10.9 Å². The van der Waals surface area contributed by atoms with E-state index >= 15 is 0 Å². The van der Waals surface area contributed by atoms with Gasteiger partial charge in [-0.3, -0.25) is 9.59 Å². The van der Waals surface area contributed by atoms with Crippen LogP contribution >= 0.6 is 11.8 Å². The van der Waals surface area contributed by atoms with Crippen molar-refractivity contribution in [2.75, 3.05) is 0 Å². The number of carbonyl (C=O) groups excluding carboxylic acids is 2. The van der Waals surface area contributed by atoms with Gasteiger partial charge in [-0.25, -0.2) is 12.4 Å². The Kier molecular flexibility index (Phi) is 6.28. The van der Waals surface area contributed by atoms with E-state index in [9.17, 15) is 18.0 Å². The number of rotatable bonds is 7. The van der Waals surface area contributed by atoms with Crippen molar-refractivity contribution in [2.24, 2.45) is 0 Å². The molecule has 0 bridgehead atoms. The van der Waals surface area contributed by atoms with Gasteiger partial charge in [0.1, 0.15) is 17.5 Å². The van der Waals surface area contributed by atoms with Crippen LogP contribution in [0.3, 0.4) is 0 Å². The first-order valence-electron chi connectivity index (χ1n) is 10.4. The van der Waals surface area contributed by atoms with Crippen molar-refractivity contribution in [3.8, 4) is 0 Å². The normalized spacial score (nSPS) is 11.8. The van der Waals surface area contributed by atoms with E-state index in [1.54, 1.807) is 42.5 Å². The molecule has 0 aliphatic heterocycles. The smallest absolute Gasteiger partial charge is 0.268 e. The molecule has 0 spiro atoms. The van der Waals surface area contributed by atoms with E-state index in [2.05, 4.69) is 0 Å². The minimum absolute atomic E-state index is 0.171. The molecule has 1 heterocycles. The second-order valence-electron chi connectivity index (χ2n) is 7.91. The lowest BCUT2D eigenvalue weighted by Gasteiger charge is -2.18. The highest BCUT2D eigenvalue weighted by Gasteiger charge is 2.29. The minimum Gasteiger partial charge on any atom is -0.299 e. The molecule has 0 radical (unpaired) electrons. The zero-order valence-electron chi connectivity index (χ0n) is 18.5. The number of ketones is 2. The number of benzene rings is 3. The van der Waals surface area contributed by atoms with E-state index in [0.29, 0.717) is 16.5 Å². The average molecular weight is 478 g/mol. The molecular formula is C26H23NO4S2. The third-order valence-electron chi connectivity index (χ3n) is 5.49.